The fourth-order valence-corrected chi connectivity index (χ4v) is 6.07. The van der Waals surface area contributed by atoms with Gasteiger partial charge < -0.3 is 14.4 Å². The first-order chi connectivity index (χ1) is 16.4. The molecule has 0 radical (unpaired) electrons. The van der Waals surface area contributed by atoms with Crippen molar-refractivity contribution in [2.24, 2.45) is 10.8 Å². The molecule has 1 aliphatic rings. The minimum Gasteiger partial charge on any atom is -0.550 e. The molecule has 1 fully saturated rings. The Morgan fingerprint density at radius 2 is 1.83 bits per heavy atom. The van der Waals surface area contributed by atoms with Gasteiger partial charge in [0.25, 0.3) is 10.1 Å². The van der Waals surface area contributed by atoms with E-state index in [1.807, 2.05) is 6.92 Å². The predicted molar refractivity (Wildman–Crippen MR) is 129 cm³/mol. The summed E-state index contributed by atoms with van der Waals surface area (Å²) in [6.07, 6.45) is 8.33. The average Bonchev–Trinajstić information content (AvgIpc) is 3.26. The highest BCUT2D eigenvalue weighted by atomic mass is 32.2. The second-order valence-electron chi connectivity index (χ2n) is 10.8. The molecule has 2 aromatic rings. The molecule has 0 spiro atoms. The Hall–Kier alpha value is -2.26. The first-order valence-corrected chi connectivity index (χ1v) is 13.8. The maximum atomic E-state index is 12.4. The largest absolute Gasteiger partial charge is 0.550 e. The number of rotatable bonds is 11. The van der Waals surface area contributed by atoms with E-state index in [-0.39, 0.29) is 33.9 Å². The molecule has 0 bridgehead atoms. The molecule has 0 aliphatic heterocycles. The van der Waals surface area contributed by atoms with Gasteiger partial charge in [-0.25, -0.2) is 0 Å². The number of aliphatic carboxylic acids is 1. The zero-order chi connectivity index (χ0) is 25.7. The molecule has 1 aromatic carbocycles. The second kappa shape index (κ2) is 11.2. The van der Waals surface area contributed by atoms with Crippen molar-refractivity contribution in [1.29, 1.82) is 0 Å². The first-order valence-electron chi connectivity index (χ1n) is 12.4. The molecule has 1 atom stereocenters. The number of carboxylic acids is 1. The molecular formula is C26H37N2O6S-. The Balaban J connectivity index is 1.64. The van der Waals surface area contributed by atoms with Gasteiger partial charge in [0, 0.05) is 11.9 Å². The van der Waals surface area contributed by atoms with Crippen molar-refractivity contribution < 1.29 is 27.0 Å². The zero-order valence-electron chi connectivity index (χ0n) is 21.2. The Morgan fingerprint density at radius 3 is 2.43 bits per heavy atom. The van der Waals surface area contributed by atoms with Crippen molar-refractivity contribution in [1.82, 2.24) is 10.1 Å². The van der Waals surface area contributed by atoms with Crippen molar-refractivity contribution in [3.8, 4) is 0 Å². The quantitative estimate of drug-likeness (QED) is 0.404. The number of aromatic nitrogens is 2. The molecule has 1 saturated carbocycles. The van der Waals surface area contributed by atoms with Crippen molar-refractivity contribution in [2.75, 3.05) is 0 Å². The van der Waals surface area contributed by atoms with Gasteiger partial charge in [-0.05, 0) is 62.0 Å². The van der Waals surface area contributed by atoms with Crippen LogP contribution >= 0.6 is 0 Å². The summed E-state index contributed by atoms with van der Waals surface area (Å²) < 4.78 is 35.2. The van der Waals surface area contributed by atoms with Gasteiger partial charge in [0.2, 0.25) is 5.89 Å². The highest BCUT2D eigenvalue weighted by molar-refractivity contribution is 7.86. The summed E-state index contributed by atoms with van der Waals surface area (Å²) >= 11 is 0. The Labute approximate surface area is 208 Å². The van der Waals surface area contributed by atoms with E-state index in [2.05, 4.69) is 30.9 Å². The topological polar surface area (TPSA) is 122 Å². The number of aryl methyl sites for hydroxylation is 1. The third-order valence-electron chi connectivity index (χ3n) is 7.51. The lowest BCUT2D eigenvalue weighted by atomic mass is 9.57. The summed E-state index contributed by atoms with van der Waals surface area (Å²) in [5.41, 5.74) is 1.35. The predicted octanol–water partition coefficient (Wildman–Crippen LogP) is 4.67. The van der Waals surface area contributed by atoms with E-state index in [4.69, 9.17) is 8.71 Å². The van der Waals surface area contributed by atoms with Gasteiger partial charge in [0.1, 0.15) is 6.61 Å². The lowest BCUT2D eigenvalue weighted by Crippen LogP contribution is -2.37. The molecule has 0 amide bonds. The van der Waals surface area contributed by atoms with Crippen LogP contribution in [0.2, 0.25) is 0 Å². The van der Waals surface area contributed by atoms with Gasteiger partial charge in [-0.2, -0.15) is 13.4 Å². The molecule has 0 saturated heterocycles. The number of benzene rings is 1. The van der Waals surface area contributed by atoms with E-state index in [0.29, 0.717) is 6.42 Å². The maximum Gasteiger partial charge on any atom is 0.297 e. The van der Waals surface area contributed by atoms with Crippen LogP contribution in [0.1, 0.15) is 102 Å². The van der Waals surface area contributed by atoms with Gasteiger partial charge >= 0.3 is 0 Å². The minimum absolute atomic E-state index is 0.0390. The summed E-state index contributed by atoms with van der Waals surface area (Å²) in [6, 6.07) is 6.31. The van der Waals surface area contributed by atoms with Crippen molar-refractivity contribution >= 4 is 16.1 Å². The van der Waals surface area contributed by atoms with E-state index in [1.54, 1.807) is 12.1 Å². The lowest BCUT2D eigenvalue weighted by Gasteiger charge is -2.48. The Bertz CT molecular complexity index is 1080. The van der Waals surface area contributed by atoms with Crippen LogP contribution in [0.3, 0.4) is 0 Å². The van der Waals surface area contributed by atoms with Crippen LogP contribution in [-0.4, -0.2) is 24.5 Å². The number of hydrogen-bond acceptors (Lipinski definition) is 8. The van der Waals surface area contributed by atoms with Gasteiger partial charge in [0.15, 0.2) is 5.82 Å². The third kappa shape index (κ3) is 7.13. The molecule has 194 valence electrons. The molecule has 1 unspecified atom stereocenters. The van der Waals surface area contributed by atoms with E-state index in [1.165, 1.54) is 44.2 Å². The Morgan fingerprint density at radius 1 is 1.17 bits per heavy atom. The highest BCUT2D eigenvalue weighted by Crippen LogP contribution is 2.53. The van der Waals surface area contributed by atoms with Crippen LogP contribution in [-0.2, 0) is 25.7 Å². The second-order valence-corrected chi connectivity index (χ2v) is 12.4. The molecule has 8 nitrogen and oxygen atoms in total. The molecule has 9 heteroatoms. The summed E-state index contributed by atoms with van der Waals surface area (Å²) in [5, 5.41) is 15.2. The number of nitrogens with zero attached hydrogens (tertiary/aromatic N) is 2. The summed E-state index contributed by atoms with van der Waals surface area (Å²) in [6.45, 7) is 8.36. The van der Waals surface area contributed by atoms with Crippen LogP contribution in [0.5, 0.6) is 0 Å². The van der Waals surface area contributed by atoms with E-state index < -0.39 is 28.6 Å². The molecule has 3 rings (SSSR count). The van der Waals surface area contributed by atoms with Crippen LogP contribution < -0.4 is 5.11 Å². The van der Waals surface area contributed by atoms with E-state index in [9.17, 15) is 18.3 Å². The molecular weight excluding hydrogens is 468 g/mol. The van der Waals surface area contributed by atoms with Crippen molar-refractivity contribution in [2.45, 2.75) is 103 Å². The summed E-state index contributed by atoms with van der Waals surface area (Å²) in [5.74, 6) is -1.45. The van der Waals surface area contributed by atoms with Crippen LogP contribution in [0.15, 0.2) is 33.7 Å². The van der Waals surface area contributed by atoms with Crippen molar-refractivity contribution in [3.63, 3.8) is 0 Å². The third-order valence-corrected chi connectivity index (χ3v) is 8.79. The van der Waals surface area contributed by atoms with Gasteiger partial charge in [-0.3, -0.25) is 4.18 Å². The van der Waals surface area contributed by atoms with Crippen LogP contribution in [0.25, 0.3) is 0 Å². The van der Waals surface area contributed by atoms with Gasteiger partial charge in [-0.15, -0.1) is 0 Å². The number of carboxylic acid groups (broad SMARTS) is 1. The van der Waals surface area contributed by atoms with Gasteiger partial charge in [0.05, 0.1) is 4.90 Å². The first kappa shape index (κ1) is 27.3. The minimum atomic E-state index is -3.98. The zero-order valence-corrected chi connectivity index (χ0v) is 22.0. The summed E-state index contributed by atoms with van der Waals surface area (Å²) in [7, 11) is -3.98. The molecule has 1 heterocycles. The maximum absolute atomic E-state index is 12.4. The van der Waals surface area contributed by atoms with E-state index in [0.717, 1.165) is 18.4 Å². The monoisotopic (exact) mass is 505 g/mol. The fraction of sp³-hybridized carbons (Fsp3) is 0.654. The normalized spacial score (nSPS) is 17.3. The number of carbonyl (C=O) groups is 1. The van der Waals surface area contributed by atoms with E-state index >= 15 is 0 Å². The number of carbonyl (C=O) groups excluding carboxylic acids is 1. The average molecular weight is 506 g/mol. The molecule has 1 aliphatic carbocycles. The lowest BCUT2D eigenvalue weighted by molar-refractivity contribution is -0.306. The standard InChI is InChI=1S/C26H38N2O6S/c1-19-10-12-21(13-11-19)35(31,32)33-18-22-27-24(34-28-22)20(17-23(29)30)9-8-16-26(25(2,3)4)14-6-5-7-15-26/h10-13,20H,5-9,14-18H2,1-4H3,(H,29,30)/p-1. The number of hydrogen-bond donors (Lipinski definition) is 0. The van der Waals surface area contributed by atoms with Crippen LogP contribution in [0, 0.1) is 17.8 Å². The fourth-order valence-electron chi connectivity index (χ4n) is 5.20. The summed E-state index contributed by atoms with van der Waals surface area (Å²) in [4.78, 5) is 15.7. The SMILES string of the molecule is Cc1ccc(S(=O)(=O)OCc2noc(C(CCCC3(C(C)(C)C)CCCCC3)CC(=O)[O-])n2)cc1. The smallest absolute Gasteiger partial charge is 0.297 e. The molecule has 35 heavy (non-hydrogen) atoms. The van der Waals surface area contributed by atoms with Gasteiger partial charge in [-0.1, -0.05) is 69.3 Å². The Kier molecular flexibility index (Phi) is 8.75. The van der Waals surface area contributed by atoms with Crippen LogP contribution in [0.4, 0.5) is 0 Å². The highest BCUT2D eigenvalue weighted by Gasteiger charge is 2.41. The van der Waals surface area contributed by atoms with Crippen molar-refractivity contribution in [3.05, 3.63) is 41.5 Å². The molecule has 1 aromatic heterocycles. The molecule has 0 N–H and O–H groups in total.